The van der Waals surface area contributed by atoms with Crippen LogP contribution in [0, 0.1) is 11.3 Å². The van der Waals surface area contributed by atoms with Crippen molar-refractivity contribution in [3.63, 3.8) is 0 Å². The van der Waals surface area contributed by atoms with Crippen molar-refractivity contribution >= 4 is 0 Å². The van der Waals surface area contributed by atoms with Crippen LogP contribution in [-0.4, -0.2) is 60.3 Å². The fourth-order valence-electron chi connectivity index (χ4n) is 3.53. The van der Waals surface area contributed by atoms with Gasteiger partial charge in [-0.25, -0.2) is 0 Å². The van der Waals surface area contributed by atoms with E-state index >= 15 is 0 Å². The van der Waals surface area contributed by atoms with E-state index in [9.17, 15) is 5.11 Å². The molecule has 106 valence electrons. The minimum atomic E-state index is -0.0674. The first-order chi connectivity index (χ1) is 8.50. The van der Waals surface area contributed by atoms with Crippen LogP contribution in [0.25, 0.3) is 0 Å². The van der Waals surface area contributed by atoms with Crippen LogP contribution in [0.4, 0.5) is 0 Å². The van der Waals surface area contributed by atoms with Gasteiger partial charge in [-0.05, 0) is 37.1 Å². The van der Waals surface area contributed by atoms with Crippen molar-refractivity contribution in [2.24, 2.45) is 11.3 Å². The average molecular weight is 254 g/mol. The Labute approximate surface area is 112 Å². The van der Waals surface area contributed by atoms with Gasteiger partial charge >= 0.3 is 0 Å². The molecule has 1 saturated carbocycles. The number of aliphatic hydroxyl groups is 1. The summed E-state index contributed by atoms with van der Waals surface area (Å²) >= 11 is 0. The molecule has 3 nitrogen and oxygen atoms in total. The molecule has 0 aromatic carbocycles. The Bertz CT molecular complexity index is 259. The molecule has 2 rings (SSSR count). The smallest absolute Gasteiger partial charge is 0.0581 e. The Morgan fingerprint density at radius 1 is 1.11 bits per heavy atom. The highest BCUT2D eigenvalue weighted by Crippen LogP contribution is 2.39. The summed E-state index contributed by atoms with van der Waals surface area (Å²) in [5, 5.41) is 10.2. The van der Waals surface area contributed by atoms with Gasteiger partial charge in [-0.1, -0.05) is 20.8 Å². The summed E-state index contributed by atoms with van der Waals surface area (Å²) in [6, 6.07) is 0. The molecule has 2 aliphatic rings. The van der Waals surface area contributed by atoms with Gasteiger partial charge in [-0.3, -0.25) is 0 Å². The maximum absolute atomic E-state index is 10.2. The second-order valence-corrected chi connectivity index (χ2v) is 6.97. The second kappa shape index (κ2) is 5.89. The molecule has 18 heavy (non-hydrogen) atoms. The van der Waals surface area contributed by atoms with E-state index in [0.29, 0.717) is 11.3 Å². The average Bonchev–Trinajstić information content (AvgIpc) is 2.35. The van der Waals surface area contributed by atoms with Gasteiger partial charge in [0.05, 0.1) is 6.10 Å². The van der Waals surface area contributed by atoms with E-state index in [4.69, 9.17) is 0 Å². The van der Waals surface area contributed by atoms with Gasteiger partial charge in [0.1, 0.15) is 0 Å². The fourth-order valence-corrected chi connectivity index (χ4v) is 3.53. The molecule has 0 spiro atoms. The molecule has 0 aromatic heterocycles. The molecule has 1 aliphatic heterocycles. The van der Waals surface area contributed by atoms with Crippen LogP contribution in [0.15, 0.2) is 0 Å². The largest absolute Gasteiger partial charge is 0.393 e. The lowest BCUT2D eigenvalue weighted by Gasteiger charge is -2.42. The number of piperazine rings is 1. The monoisotopic (exact) mass is 254 g/mol. The standard InChI is InChI=1S/C15H30N2O/c1-4-16-7-9-17(10-8-16)12-13-11-15(2,3)6-5-14(13)18/h13-14,18H,4-12H2,1-3H3. The van der Waals surface area contributed by atoms with E-state index in [-0.39, 0.29) is 6.10 Å². The van der Waals surface area contributed by atoms with Crippen molar-refractivity contribution in [3.8, 4) is 0 Å². The topological polar surface area (TPSA) is 26.7 Å². The first kappa shape index (κ1) is 14.3. The normalized spacial score (nSPS) is 34.7. The van der Waals surface area contributed by atoms with E-state index in [1.54, 1.807) is 0 Å². The summed E-state index contributed by atoms with van der Waals surface area (Å²) in [6.07, 6.45) is 3.28. The molecule has 1 aliphatic carbocycles. The highest BCUT2D eigenvalue weighted by atomic mass is 16.3. The van der Waals surface area contributed by atoms with Crippen molar-refractivity contribution in [1.29, 1.82) is 0 Å². The van der Waals surface area contributed by atoms with Crippen LogP contribution in [0.5, 0.6) is 0 Å². The third-order valence-electron chi connectivity index (χ3n) is 4.88. The van der Waals surface area contributed by atoms with Gasteiger partial charge in [0.2, 0.25) is 0 Å². The molecule has 0 bridgehead atoms. The van der Waals surface area contributed by atoms with Crippen LogP contribution < -0.4 is 0 Å². The molecule has 0 radical (unpaired) electrons. The van der Waals surface area contributed by atoms with Crippen LogP contribution in [-0.2, 0) is 0 Å². The first-order valence-corrected chi connectivity index (χ1v) is 7.63. The zero-order valence-electron chi connectivity index (χ0n) is 12.4. The highest BCUT2D eigenvalue weighted by Gasteiger charge is 2.35. The van der Waals surface area contributed by atoms with Gasteiger partial charge in [-0.2, -0.15) is 0 Å². The Kier molecular flexibility index (Phi) is 4.68. The predicted octanol–water partition coefficient (Wildman–Crippen LogP) is 1.81. The molecule has 2 fully saturated rings. The predicted molar refractivity (Wildman–Crippen MR) is 75.7 cm³/mol. The van der Waals surface area contributed by atoms with Gasteiger partial charge in [0.25, 0.3) is 0 Å². The molecule has 1 heterocycles. The van der Waals surface area contributed by atoms with E-state index in [0.717, 1.165) is 13.0 Å². The van der Waals surface area contributed by atoms with Crippen molar-refractivity contribution in [2.75, 3.05) is 39.3 Å². The van der Waals surface area contributed by atoms with E-state index in [2.05, 4.69) is 30.6 Å². The van der Waals surface area contributed by atoms with Crippen LogP contribution in [0.2, 0.25) is 0 Å². The third kappa shape index (κ3) is 3.69. The first-order valence-electron chi connectivity index (χ1n) is 7.63. The Balaban J connectivity index is 1.81. The number of likely N-dealkylation sites (N-methyl/N-ethyl adjacent to an activating group) is 1. The van der Waals surface area contributed by atoms with E-state index < -0.39 is 0 Å². The van der Waals surface area contributed by atoms with Crippen molar-refractivity contribution < 1.29 is 5.11 Å². The molecule has 3 heteroatoms. The van der Waals surface area contributed by atoms with Gasteiger partial charge in [-0.15, -0.1) is 0 Å². The third-order valence-corrected chi connectivity index (χ3v) is 4.88. The number of hydrogen-bond acceptors (Lipinski definition) is 3. The zero-order valence-corrected chi connectivity index (χ0v) is 12.4. The van der Waals surface area contributed by atoms with Crippen LogP contribution in [0.1, 0.15) is 40.0 Å². The Morgan fingerprint density at radius 3 is 2.33 bits per heavy atom. The fraction of sp³-hybridized carbons (Fsp3) is 1.00. The van der Waals surface area contributed by atoms with E-state index in [1.165, 1.54) is 45.6 Å². The SMILES string of the molecule is CCN1CCN(CC2CC(C)(C)CCC2O)CC1. The lowest BCUT2D eigenvalue weighted by molar-refractivity contribution is -0.00311. The molecule has 1 saturated heterocycles. The molecular formula is C15H30N2O. The summed E-state index contributed by atoms with van der Waals surface area (Å²) in [6.45, 7) is 14.0. The molecule has 0 amide bonds. The number of hydrogen-bond donors (Lipinski definition) is 1. The molecule has 2 unspecified atom stereocenters. The van der Waals surface area contributed by atoms with Gasteiger partial charge in [0.15, 0.2) is 0 Å². The highest BCUT2D eigenvalue weighted by molar-refractivity contribution is 4.87. The number of rotatable bonds is 3. The van der Waals surface area contributed by atoms with Crippen molar-refractivity contribution in [2.45, 2.75) is 46.1 Å². The summed E-state index contributed by atoms with van der Waals surface area (Å²) in [5.41, 5.74) is 0.426. The van der Waals surface area contributed by atoms with Gasteiger partial charge in [0, 0.05) is 32.7 Å². The molecule has 0 aromatic rings. The lowest BCUT2D eigenvalue weighted by atomic mass is 9.70. The Morgan fingerprint density at radius 2 is 1.72 bits per heavy atom. The van der Waals surface area contributed by atoms with Gasteiger partial charge < -0.3 is 14.9 Å². The minimum Gasteiger partial charge on any atom is -0.393 e. The molecule has 2 atom stereocenters. The Hall–Kier alpha value is -0.120. The van der Waals surface area contributed by atoms with Crippen LogP contribution >= 0.6 is 0 Å². The quantitative estimate of drug-likeness (QED) is 0.832. The van der Waals surface area contributed by atoms with Crippen LogP contribution in [0.3, 0.4) is 0 Å². The van der Waals surface area contributed by atoms with Crippen molar-refractivity contribution in [1.82, 2.24) is 9.80 Å². The van der Waals surface area contributed by atoms with Crippen molar-refractivity contribution in [3.05, 3.63) is 0 Å². The summed E-state index contributed by atoms with van der Waals surface area (Å²) < 4.78 is 0. The maximum atomic E-state index is 10.2. The van der Waals surface area contributed by atoms with E-state index in [1.807, 2.05) is 0 Å². The number of nitrogens with zero attached hydrogens (tertiary/aromatic N) is 2. The lowest BCUT2D eigenvalue weighted by Crippen LogP contribution is -2.49. The summed E-state index contributed by atoms with van der Waals surface area (Å²) in [5.74, 6) is 0.488. The second-order valence-electron chi connectivity index (χ2n) is 6.97. The molecular weight excluding hydrogens is 224 g/mol. The summed E-state index contributed by atoms with van der Waals surface area (Å²) in [4.78, 5) is 5.07. The summed E-state index contributed by atoms with van der Waals surface area (Å²) in [7, 11) is 0. The minimum absolute atomic E-state index is 0.0674. The zero-order chi connectivity index (χ0) is 13.2. The molecule has 1 N–H and O–H groups in total. The number of aliphatic hydroxyl groups excluding tert-OH is 1. The maximum Gasteiger partial charge on any atom is 0.0581 e.